The summed E-state index contributed by atoms with van der Waals surface area (Å²) in [5.74, 6) is -1.13. The van der Waals surface area contributed by atoms with Crippen LogP contribution in [0.4, 0.5) is 13.2 Å². The van der Waals surface area contributed by atoms with Gasteiger partial charge in [0.05, 0.1) is 46.7 Å². The Balaban J connectivity index is 1.05. The van der Waals surface area contributed by atoms with Gasteiger partial charge in [0.25, 0.3) is 0 Å². The molecule has 7 aromatic carbocycles. The maximum absolute atomic E-state index is 19.2. The molecule has 2 heterocycles. The summed E-state index contributed by atoms with van der Waals surface area (Å²) < 4.78 is 69.3. The molecule has 9 heteroatoms. The number of aromatic nitrogens is 2. The molecule has 0 radical (unpaired) electrons. The highest BCUT2D eigenvalue weighted by Crippen LogP contribution is 2.55. The molecule has 2 N–H and O–H groups in total. The maximum Gasteiger partial charge on any atom is 0.165 e. The van der Waals surface area contributed by atoms with Gasteiger partial charge in [-0.15, -0.1) is 0 Å². The fourth-order valence-corrected chi connectivity index (χ4v) is 14.5. The second-order valence-electron chi connectivity index (χ2n) is 34.4. The fraction of sp³-hybridized carbons (Fsp3) is 0.446. The molecule has 10 rings (SSSR count). The van der Waals surface area contributed by atoms with Crippen molar-refractivity contribution >= 4 is 54.9 Å². The van der Waals surface area contributed by atoms with Crippen molar-refractivity contribution in [3.63, 3.8) is 0 Å². The lowest BCUT2D eigenvalue weighted by Gasteiger charge is -2.45. The molecule has 0 bridgehead atoms. The molecule has 0 aliphatic heterocycles. The molecular formula is C83H101F3N2O4. The van der Waals surface area contributed by atoms with Gasteiger partial charge in [-0.3, -0.25) is 0 Å². The van der Waals surface area contributed by atoms with Crippen molar-refractivity contribution < 1.29 is 32.9 Å². The molecule has 0 amide bonds. The molecule has 0 saturated carbocycles. The molecule has 0 fully saturated rings. The first-order valence-electron chi connectivity index (χ1n) is 33.1. The topological polar surface area (TPSA) is 68.8 Å². The number of benzene rings is 7. The average Bonchev–Trinajstić information content (AvgIpc) is 1.47. The van der Waals surface area contributed by atoms with Crippen LogP contribution in [0, 0.1) is 27.9 Å². The number of hydrogen-bond donors (Lipinski definition) is 2. The fourth-order valence-electron chi connectivity index (χ4n) is 14.5. The Morgan fingerprint density at radius 1 is 0.467 bits per heavy atom. The number of aliphatic hydroxyl groups excluding tert-OH is 1. The number of hydrogen-bond acceptors (Lipinski definition) is 4. The van der Waals surface area contributed by atoms with Gasteiger partial charge in [-0.05, 0) is 145 Å². The molecule has 0 saturated heterocycles. The third-order valence-corrected chi connectivity index (χ3v) is 19.1. The van der Waals surface area contributed by atoms with Crippen LogP contribution in [0.3, 0.4) is 0 Å². The summed E-state index contributed by atoms with van der Waals surface area (Å²) in [6.07, 6.45) is 2.94. The van der Waals surface area contributed by atoms with Crippen molar-refractivity contribution in [2.75, 3.05) is 13.2 Å². The van der Waals surface area contributed by atoms with E-state index in [9.17, 15) is 10.2 Å². The van der Waals surface area contributed by atoms with Crippen LogP contribution < -0.4 is 9.47 Å². The lowest BCUT2D eigenvalue weighted by molar-refractivity contribution is 0.0295. The number of aromatic hydroxyl groups is 1. The first-order chi connectivity index (χ1) is 42.4. The van der Waals surface area contributed by atoms with Crippen molar-refractivity contribution in [2.45, 2.75) is 211 Å². The number of rotatable bonds is 14. The number of alkyl halides is 1. The smallest absolute Gasteiger partial charge is 0.165 e. The zero-order valence-electron chi connectivity index (χ0n) is 59.1. The number of fused-ring (bicyclic) bond motifs is 6. The highest BCUT2D eigenvalue weighted by atomic mass is 19.1. The van der Waals surface area contributed by atoms with E-state index >= 15 is 13.2 Å². The summed E-state index contributed by atoms with van der Waals surface area (Å²) in [5.41, 5.74) is 6.62. The Labute approximate surface area is 546 Å². The summed E-state index contributed by atoms with van der Waals surface area (Å²) in [7, 11) is 0. The van der Waals surface area contributed by atoms with Crippen LogP contribution in [0.2, 0.25) is 0 Å². The summed E-state index contributed by atoms with van der Waals surface area (Å²) in [5, 5.41) is 30.3. The molecular weight excluding hydrogens is 1150 g/mol. The number of halogens is 3. The van der Waals surface area contributed by atoms with E-state index in [1.54, 1.807) is 18.2 Å². The van der Waals surface area contributed by atoms with Crippen molar-refractivity contribution in [3.05, 3.63) is 178 Å². The normalized spacial score (nSPS) is 16.0. The molecule has 1 aliphatic rings. The van der Waals surface area contributed by atoms with Gasteiger partial charge in [-0.2, -0.15) is 0 Å². The molecule has 6 nitrogen and oxygen atoms in total. The Morgan fingerprint density at radius 3 is 1.38 bits per heavy atom. The summed E-state index contributed by atoms with van der Waals surface area (Å²) >= 11 is 0. The average molecular weight is 1250 g/mol. The Hall–Kier alpha value is -7.39. The monoisotopic (exact) mass is 1250 g/mol. The maximum atomic E-state index is 19.2. The quantitative estimate of drug-likeness (QED) is 0.106. The number of phenols is 1. The number of allylic oxidation sites excluding steroid dienone is 3. The minimum atomic E-state index is -2.04. The van der Waals surface area contributed by atoms with Crippen LogP contribution in [0.5, 0.6) is 17.2 Å². The van der Waals surface area contributed by atoms with Crippen LogP contribution in [0.15, 0.2) is 133 Å². The number of para-hydroxylation sites is 1. The zero-order valence-corrected chi connectivity index (χ0v) is 59.1. The van der Waals surface area contributed by atoms with Gasteiger partial charge in [-0.25, -0.2) is 13.2 Å². The van der Waals surface area contributed by atoms with Crippen LogP contribution in [0.1, 0.15) is 211 Å². The van der Waals surface area contributed by atoms with E-state index in [0.717, 1.165) is 77.8 Å². The van der Waals surface area contributed by atoms with Gasteiger partial charge in [0.15, 0.2) is 11.6 Å². The number of aliphatic hydroxyl groups is 1. The third-order valence-electron chi connectivity index (χ3n) is 19.1. The number of ether oxygens (including phenoxy) is 2. The highest BCUT2D eigenvalue weighted by molar-refractivity contribution is 6.12. The van der Waals surface area contributed by atoms with Crippen molar-refractivity contribution in [2.24, 2.45) is 16.2 Å². The van der Waals surface area contributed by atoms with Crippen LogP contribution >= 0.6 is 0 Å². The molecule has 1 aliphatic carbocycles. The van der Waals surface area contributed by atoms with Crippen molar-refractivity contribution in [3.8, 4) is 34.1 Å². The predicted octanol–water partition coefficient (Wildman–Crippen LogP) is 23.7. The van der Waals surface area contributed by atoms with E-state index in [-0.39, 0.29) is 86.9 Å². The molecule has 0 spiro atoms. The summed E-state index contributed by atoms with van der Waals surface area (Å²) in [6.45, 7) is 47.6. The van der Waals surface area contributed by atoms with Crippen LogP contribution in [0.25, 0.3) is 71.7 Å². The van der Waals surface area contributed by atoms with Gasteiger partial charge in [0, 0.05) is 62.1 Å². The van der Waals surface area contributed by atoms with E-state index in [2.05, 4.69) is 226 Å². The van der Waals surface area contributed by atoms with E-state index in [4.69, 9.17) is 9.47 Å². The molecule has 2 aromatic heterocycles. The molecule has 1 unspecified atom stereocenters. The summed E-state index contributed by atoms with van der Waals surface area (Å²) in [4.78, 5) is 0. The molecule has 9 aromatic rings. The van der Waals surface area contributed by atoms with E-state index in [0.29, 0.717) is 34.7 Å². The van der Waals surface area contributed by atoms with Crippen LogP contribution in [-0.4, -0.2) is 38.2 Å². The summed E-state index contributed by atoms with van der Waals surface area (Å²) in [6, 6.07) is 39.2. The predicted molar refractivity (Wildman–Crippen MR) is 381 cm³/mol. The zero-order chi connectivity index (χ0) is 67.6. The highest BCUT2D eigenvalue weighted by Gasteiger charge is 2.50. The number of nitrogens with zero attached hydrogens (tertiary/aromatic N) is 2. The SMILES string of the molecule is CC(C)(C)CC(C)(C)c1cc(-c2cc(F)ccc2OCCCOc2c(F)cccc2C2=CC(F)(C(C)(C)CC(C)(C)C)CC(n3c4cc(C(C)(C)C)ccc4c4ccc(C(C)(C)C)cc43)=C2O)c(O)c(-n2c3cc(C(C)(C)C)ccc3c3ccc(C(C)(C)C)cc32)c1. The third kappa shape index (κ3) is 13.1. The molecule has 92 heavy (non-hydrogen) atoms. The molecule has 1 atom stereocenters. The van der Waals surface area contributed by atoms with E-state index < -0.39 is 28.1 Å². The van der Waals surface area contributed by atoms with Gasteiger partial charge >= 0.3 is 0 Å². The Morgan fingerprint density at radius 2 is 0.924 bits per heavy atom. The first kappa shape index (κ1) is 67.5. The van der Waals surface area contributed by atoms with Crippen molar-refractivity contribution in [1.82, 2.24) is 9.13 Å². The van der Waals surface area contributed by atoms with Gasteiger partial charge in [-0.1, -0.05) is 213 Å². The van der Waals surface area contributed by atoms with Gasteiger partial charge in [0.2, 0.25) is 0 Å². The Bertz CT molecular complexity index is 4260. The largest absolute Gasteiger partial charge is 0.505 e. The number of phenolic OH excluding ortho intramolecular Hbond substituents is 1. The minimum absolute atomic E-state index is 0.0219. The first-order valence-corrected chi connectivity index (χ1v) is 33.1. The lowest BCUT2D eigenvalue weighted by Crippen LogP contribution is -2.43. The molecule has 488 valence electrons. The second-order valence-corrected chi connectivity index (χ2v) is 34.4. The van der Waals surface area contributed by atoms with Crippen LogP contribution in [-0.2, 0) is 27.1 Å². The lowest BCUT2D eigenvalue weighted by atomic mass is 9.64. The van der Waals surface area contributed by atoms with E-state index in [1.807, 2.05) is 19.9 Å². The van der Waals surface area contributed by atoms with E-state index in [1.165, 1.54) is 24.3 Å². The van der Waals surface area contributed by atoms with Gasteiger partial charge in [0.1, 0.15) is 28.7 Å². The second kappa shape index (κ2) is 23.3. The minimum Gasteiger partial charge on any atom is -0.505 e. The van der Waals surface area contributed by atoms with Gasteiger partial charge < -0.3 is 28.8 Å². The van der Waals surface area contributed by atoms with Crippen molar-refractivity contribution in [1.29, 1.82) is 0 Å². The Kier molecular flexibility index (Phi) is 17.1. The standard InChI is InChI=1S/C83H101F3N2O4/c1-75(2,3)48-81(19,20)54-39-62(72(89)69(44-54)87-65-40-50(77(7,8)9)27-32-56(65)57-33-28-51(41-66(57)87)78(10,11)12)61-45-55(84)31-36-71(61)91-37-24-38-92-74-60(25-23-26-64(74)85)63-46-83(86,82(21,22)49-76(4,5)6)47-70(73(63)90)88-67-42-52(79(13,14)15)29-34-58(67)59-35-30-53(43-68(59)88)80(16,17)18/h23,25-36,39-46,89-90H,24,37-38,47-49H2,1-22H3.